The molecule has 2 rings (SSSR count). The molecule has 3 nitrogen and oxygen atoms in total. The van der Waals surface area contributed by atoms with E-state index >= 15 is 0 Å². The van der Waals surface area contributed by atoms with Crippen LogP contribution in [0.2, 0.25) is 0 Å². The molecule has 1 N–H and O–H groups in total. The molecule has 0 atom stereocenters. The van der Waals surface area contributed by atoms with Gasteiger partial charge in [0.15, 0.2) is 0 Å². The summed E-state index contributed by atoms with van der Waals surface area (Å²) in [5, 5.41) is 12.1. The summed E-state index contributed by atoms with van der Waals surface area (Å²) in [6.07, 6.45) is 8.92. The Labute approximate surface area is 156 Å². The summed E-state index contributed by atoms with van der Waals surface area (Å²) in [6.45, 7) is 8.57. The Bertz CT molecular complexity index is 923. The van der Waals surface area contributed by atoms with Crippen LogP contribution in [0.25, 0.3) is 16.8 Å². The molecule has 138 valence electrons. The van der Waals surface area contributed by atoms with Gasteiger partial charge in [0.25, 0.3) is 5.56 Å². The van der Waals surface area contributed by atoms with E-state index in [1.54, 1.807) is 0 Å². The van der Waals surface area contributed by atoms with Gasteiger partial charge >= 0.3 is 0 Å². The highest BCUT2D eigenvalue weighted by molar-refractivity contribution is 5.95. The number of aromatic hydroxyl groups is 1. The van der Waals surface area contributed by atoms with Crippen molar-refractivity contribution in [2.24, 2.45) is 0 Å². The van der Waals surface area contributed by atoms with E-state index in [2.05, 4.69) is 18.8 Å². The third kappa shape index (κ3) is 4.02. The van der Waals surface area contributed by atoms with Crippen LogP contribution < -0.4 is 5.56 Å². The zero-order valence-electron chi connectivity index (χ0n) is 16.4. The summed E-state index contributed by atoms with van der Waals surface area (Å²) in [4.78, 5) is 12.8. The zero-order valence-corrected chi connectivity index (χ0v) is 16.4. The van der Waals surface area contributed by atoms with Crippen molar-refractivity contribution in [2.45, 2.75) is 66.3 Å². The van der Waals surface area contributed by atoms with Gasteiger partial charge in [-0.05, 0) is 44.4 Å². The number of pyridine rings is 1. The minimum atomic E-state index is -0.141. The predicted molar refractivity (Wildman–Crippen MR) is 111 cm³/mol. The Morgan fingerprint density at radius 1 is 1.19 bits per heavy atom. The molecule has 1 aromatic heterocycles. The van der Waals surface area contributed by atoms with Crippen LogP contribution in [0.5, 0.6) is 5.88 Å². The molecular weight excluding hydrogens is 322 g/mol. The molecule has 0 fully saturated rings. The van der Waals surface area contributed by atoms with Crippen molar-refractivity contribution in [1.82, 2.24) is 4.57 Å². The van der Waals surface area contributed by atoms with Crippen LogP contribution in [0.1, 0.15) is 69.6 Å². The molecule has 2 aromatic rings. The van der Waals surface area contributed by atoms with Crippen molar-refractivity contribution < 1.29 is 5.11 Å². The van der Waals surface area contributed by atoms with Gasteiger partial charge in [0, 0.05) is 34.9 Å². The maximum absolute atomic E-state index is 12.8. The summed E-state index contributed by atoms with van der Waals surface area (Å²) in [7, 11) is 0. The quantitative estimate of drug-likeness (QED) is 0.560. The fraction of sp³-hybridized carbons (Fsp3) is 0.435. The number of allylic oxidation sites excluding steroid dienone is 1. The maximum Gasteiger partial charge on any atom is 0.261 e. The van der Waals surface area contributed by atoms with Gasteiger partial charge in [-0.1, -0.05) is 50.7 Å². The standard InChI is InChI=1S/C23H29NO2/c1-5-8-9-10-11-13-18-14-15-20-21(17(18)4)19(12-6-2)22(25)24(16-7-3)23(20)26/h6,12,14-15,25H,5,7-10,16H2,1-4H3/b12-6-. The van der Waals surface area contributed by atoms with E-state index in [4.69, 9.17) is 0 Å². The first-order valence-electron chi connectivity index (χ1n) is 9.57. The number of aryl methyl sites for hydroxylation is 1. The maximum atomic E-state index is 12.8. The molecule has 0 aliphatic heterocycles. The number of nitrogens with zero attached hydrogens (tertiary/aromatic N) is 1. The highest BCUT2D eigenvalue weighted by Crippen LogP contribution is 2.30. The Hall–Kier alpha value is -2.47. The van der Waals surface area contributed by atoms with Crippen molar-refractivity contribution in [3.8, 4) is 17.7 Å². The van der Waals surface area contributed by atoms with Gasteiger partial charge in [-0.2, -0.15) is 0 Å². The lowest BCUT2D eigenvalue weighted by atomic mass is 9.96. The number of fused-ring (bicyclic) bond motifs is 1. The molecule has 26 heavy (non-hydrogen) atoms. The molecule has 0 spiro atoms. The molecule has 0 aliphatic rings. The van der Waals surface area contributed by atoms with E-state index in [0.717, 1.165) is 35.8 Å². The molecule has 1 heterocycles. The number of hydrogen-bond acceptors (Lipinski definition) is 2. The number of rotatable bonds is 6. The fourth-order valence-corrected chi connectivity index (χ4v) is 3.25. The summed E-state index contributed by atoms with van der Waals surface area (Å²) in [5.74, 6) is 6.53. The van der Waals surface area contributed by atoms with E-state index in [0.29, 0.717) is 17.5 Å². The number of hydrogen-bond donors (Lipinski definition) is 1. The second-order valence-electron chi connectivity index (χ2n) is 6.61. The highest BCUT2D eigenvalue weighted by atomic mass is 16.3. The third-order valence-corrected chi connectivity index (χ3v) is 4.62. The zero-order chi connectivity index (χ0) is 19.1. The van der Waals surface area contributed by atoms with Crippen LogP contribution in [-0.2, 0) is 6.54 Å². The first-order valence-corrected chi connectivity index (χ1v) is 9.57. The van der Waals surface area contributed by atoms with Crippen LogP contribution >= 0.6 is 0 Å². The average molecular weight is 351 g/mol. The molecular formula is C23H29NO2. The summed E-state index contributed by atoms with van der Waals surface area (Å²) < 4.78 is 1.47. The van der Waals surface area contributed by atoms with Gasteiger partial charge in [-0.25, -0.2) is 0 Å². The number of unbranched alkanes of at least 4 members (excludes halogenated alkanes) is 3. The van der Waals surface area contributed by atoms with Gasteiger partial charge < -0.3 is 5.11 Å². The molecule has 3 heteroatoms. The molecule has 0 radical (unpaired) electrons. The minimum Gasteiger partial charge on any atom is -0.494 e. The van der Waals surface area contributed by atoms with Crippen molar-refractivity contribution >= 4 is 16.8 Å². The van der Waals surface area contributed by atoms with Crippen molar-refractivity contribution in [3.05, 3.63) is 45.3 Å². The molecule has 0 aliphatic carbocycles. The van der Waals surface area contributed by atoms with Gasteiger partial charge in [0.1, 0.15) is 0 Å². The largest absolute Gasteiger partial charge is 0.494 e. The van der Waals surface area contributed by atoms with Gasteiger partial charge in [-0.15, -0.1) is 0 Å². The SMILES string of the molecule is C/C=C\c1c(O)n(CCC)c(=O)c2ccc(C#CCCCCC)c(C)c12. The second-order valence-corrected chi connectivity index (χ2v) is 6.61. The van der Waals surface area contributed by atoms with Gasteiger partial charge in [0.05, 0.1) is 0 Å². The molecule has 0 unspecified atom stereocenters. The Morgan fingerprint density at radius 3 is 2.62 bits per heavy atom. The first kappa shape index (κ1) is 19.8. The van der Waals surface area contributed by atoms with Crippen LogP contribution in [0.4, 0.5) is 0 Å². The third-order valence-electron chi connectivity index (χ3n) is 4.62. The van der Waals surface area contributed by atoms with Gasteiger partial charge in [-0.3, -0.25) is 9.36 Å². The smallest absolute Gasteiger partial charge is 0.261 e. The first-order chi connectivity index (χ1) is 12.6. The number of aromatic nitrogens is 1. The van der Waals surface area contributed by atoms with E-state index in [9.17, 15) is 9.90 Å². The summed E-state index contributed by atoms with van der Waals surface area (Å²) >= 11 is 0. The van der Waals surface area contributed by atoms with Crippen molar-refractivity contribution in [2.75, 3.05) is 0 Å². The van der Waals surface area contributed by atoms with Crippen LogP contribution in [0.3, 0.4) is 0 Å². The lowest BCUT2D eigenvalue weighted by Crippen LogP contribution is -2.21. The summed E-state index contributed by atoms with van der Waals surface area (Å²) in [5.41, 5.74) is 2.43. The van der Waals surface area contributed by atoms with Crippen LogP contribution in [0.15, 0.2) is 23.0 Å². The van der Waals surface area contributed by atoms with Gasteiger partial charge in [0.2, 0.25) is 5.88 Å². The second kappa shape index (κ2) is 9.29. The van der Waals surface area contributed by atoms with E-state index in [1.807, 2.05) is 45.1 Å². The Balaban J connectivity index is 2.66. The Morgan fingerprint density at radius 2 is 1.96 bits per heavy atom. The molecule has 0 saturated carbocycles. The molecule has 0 saturated heterocycles. The monoisotopic (exact) mass is 351 g/mol. The minimum absolute atomic E-state index is 0.0404. The summed E-state index contributed by atoms with van der Waals surface area (Å²) in [6, 6.07) is 3.78. The molecule has 0 bridgehead atoms. The lowest BCUT2D eigenvalue weighted by Gasteiger charge is -2.15. The van der Waals surface area contributed by atoms with E-state index in [1.165, 1.54) is 17.4 Å². The normalized spacial score (nSPS) is 11.1. The van der Waals surface area contributed by atoms with Crippen molar-refractivity contribution in [3.63, 3.8) is 0 Å². The lowest BCUT2D eigenvalue weighted by molar-refractivity contribution is 0.405. The molecule has 1 aromatic carbocycles. The highest BCUT2D eigenvalue weighted by Gasteiger charge is 2.16. The fourth-order valence-electron chi connectivity index (χ4n) is 3.25. The van der Waals surface area contributed by atoms with Crippen molar-refractivity contribution in [1.29, 1.82) is 0 Å². The van der Waals surface area contributed by atoms with E-state index in [-0.39, 0.29) is 11.4 Å². The predicted octanol–water partition coefficient (Wildman–Crippen LogP) is 5.39. The Kier molecular flexibility index (Phi) is 7.09. The van der Waals surface area contributed by atoms with E-state index < -0.39 is 0 Å². The van der Waals surface area contributed by atoms with Crippen LogP contribution in [0, 0.1) is 18.8 Å². The topological polar surface area (TPSA) is 42.2 Å². The van der Waals surface area contributed by atoms with Crippen LogP contribution in [-0.4, -0.2) is 9.67 Å². The number of benzene rings is 1. The molecule has 0 amide bonds. The average Bonchev–Trinajstić information content (AvgIpc) is 2.63.